The van der Waals surface area contributed by atoms with E-state index in [0.717, 1.165) is 18.5 Å². The van der Waals surface area contributed by atoms with Crippen molar-refractivity contribution in [2.24, 2.45) is 11.5 Å². The number of amides is 2. The molecule has 1 aliphatic rings. The smallest absolute Gasteiger partial charge is 0.237 e. The molecule has 1 atom stereocenters. The average molecular weight is 262 g/mol. The maximum absolute atomic E-state index is 11.7. The van der Waals surface area contributed by atoms with Crippen LogP contribution >= 0.6 is 0 Å². The average Bonchev–Trinajstić information content (AvgIpc) is 3.17. The molecule has 19 heavy (non-hydrogen) atoms. The highest BCUT2D eigenvalue weighted by Gasteiger charge is 2.45. The summed E-state index contributed by atoms with van der Waals surface area (Å²) in [6.45, 7) is 0.495. The topological polar surface area (TPSA) is 111 Å². The highest BCUT2D eigenvalue weighted by atomic mass is 16.2. The lowest BCUT2D eigenvalue weighted by molar-refractivity contribution is -0.126. The SMILES string of the molecule is NC(=O)C[C@H](N)C(=O)NCC1(c2ccccn2)CC1. The van der Waals surface area contributed by atoms with Gasteiger partial charge in [0.1, 0.15) is 0 Å². The molecule has 0 aliphatic heterocycles. The Morgan fingerprint density at radius 2 is 2.16 bits per heavy atom. The summed E-state index contributed by atoms with van der Waals surface area (Å²) in [5.41, 5.74) is 11.5. The highest BCUT2D eigenvalue weighted by Crippen LogP contribution is 2.46. The van der Waals surface area contributed by atoms with Gasteiger partial charge in [-0.2, -0.15) is 0 Å². The first-order valence-electron chi connectivity index (χ1n) is 6.27. The van der Waals surface area contributed by atoms with Gasteiger partial charge in [-0.1, -0.05) is 6.07 Å². The van der Waals surface area contributed by atoms with Gasteiger partial charge in [-0.25, -0.2) is 0 Å². The van der Waals surface area contributed by atoms with Crippen molar-refractivity contribution in [1.29, 1.82) is 0 Å². The van der Waals surface area contributed by atoms with Crippen LogP contribution in [0.3, 0.4) is 0 Å². The molecule has 102 valence electrons. The van der Waals surface area contributed by atoms with E-state index in [4.69, 9.17) is 11.5 Å². The van der Waals surface area contributed by atoms with Crippen molar-refractivity contribution >= 4 is 11.8 Å². The molecule has 0 aromatic carbocycles. The molecule has 0 bridgehead atoms. The van der Waals surface area contributed by atoms with Gasteiger partial charge in [-0.15, -0.1) is 0 Å². The molecule has 0 spiro atoms. The van der Waals surface area contributed by atoms with Crippen LogP contribution in [0.5, 0.6) is 0 Å². The van der Waals surface area contributed by atoms with Crippen LogP contribution < -0.4 is 16.8 Å². The van der Waals surface area contributed by atoms with E-state index in [-0.39, 0.29) is 17.7 Å². The fraction of sp³-hybridized carbons (Fsp3) is 0.462. The first-order chi connectivity index (χ1) is 9.03. The van der Waals surface area contributed by atoms with Gasteiger partial charge in [0.15, 0.2) is 0 Å². The van der Waals surface area contributed by atoms with Gasteiger partial charge in [0.25, 0.3) is 0 Å². The minimum absolute atomic E-state index is 0.0661. The third-order valence-electron chi connectivity index (χ3n) is 3.42. The number of hydrogen-bond acceptors (Lipinski definition) is 4. The number of hydrogen-bond donors (Lipinski definition) is 3. The van der Waals surface area contributed by atoms with Crippen molar-refractivity contribution in [3.63, 3.8) is 0 Å². The second-order valence-electron chi connectivity index (χ2n) is 4.99. The largest absolute Gasteiger partial charge is 0.370 e. The van der Waals surface area contributed by atoms with Crippen molar-refractivity contribution in [2.75, 3.05) is 6.54 Å². The Morgan fingerprint density at radius 1 is 1.42 bits per heavy atom. The molecule has 6 nitrogen and oxygen atoms in total. The van der Waals surface area contributed by atoms with Crippen LogP contribution in [-0.4, -0.2) is 29.4 Å². The zero-order valence-corrected chi connectivity index (χ0v) is 10.6. The van der Waals surface area contributed by atoms with Crippen LogP contribution in [0.25, 0.3) is 0 Å². The van der Waals surface area contributed by atoms with Gasteiger partial charge in [0.2, 0.25) is 11.8 Å². The monoisotopic (exact) mass is 262 g/mol. The maximum atomic E-state index is 11.7. The van der Waals surface area contributed by atoms with E-state index in [9.17, 15) is 9.59 Å². The van der Waals surface area contributed by atoms with E-state index >= 15 is 0 Å². The Balaban J connectivity index is 1.89. The van der Waals surface area contributed by atoms with E-state index in [1.165, 1.54) is 0 Å². The quantitative estimate of drug-likeness (QED) is 0.637. The van der Waals surface area contributed by atoms with Gasteiger partial charge < -0.3 is 16.8 Å². The number of nitrogens with two attached hydrogens (primary N) is 2. The molecule has 1 aliphatic carbocycles. The zero-order valence-electron chi connectivity index (χ0n) is 10.6. The molecule has 2 rings (SSSR count). The summed E-state index contributed by atoms with van der Waals surface area (Å²) in [6, 6.07) is 4.88. The Bertz CT molecular complexity index is 471. The van der Waals surface area contributed by atoms with Gasteiger partial charge in [0.05, 0.1) is 12.5 Å². The first-order valence-corrected chi connectivity index (χ1v) is 6.27. The number of carbonyl (C=O) groups is 2. The number of aromatic nitrogens is 1. The minimum atomic E-state index is -0.878. The van der Waals surface area contributed by atoms with E-state index in [1.807, 2.05) is 18.2 Å². The Labute approximate surface area is 111 Å². The standard InChI is InChI=1S/C13H18N4O2/c14-9(7-11(15)18)12(19)17-8-13(4-5-13)10-3-1-2-6-16-10/h1-3,6,9H,4-5,7-8,14H2,(H2,15,18)(H,17,19)/t9-/m0/s1. The Kier molecular flexibility index (Phi) is 3.80. The molecule has 5 N–H and O–H groups in total. The summed E-state index contributed by atoms with van der Waals surface area (Å²) in [6.07, 6.45) is 3.60. The van der Waals surface area contributed by atoms with Gasteiger partial charge in [-0.3, -0.25) is 14.6 Å². The number of rotatable bonds is 6. The van der Waals surface area contributed by atoms with Crippen LogP contribution in [-0.2, 0) is 15.0 Å². The second-order valence-corrected chi connectivity index (χ2v) is 4.99. The molecule has 0 radical (unpaired) electrons. The number of primary amides is 1. The van der Waals surface area contributed by atoms with E-state index < -0.39 is 11.9 Å². The molecule has 0 unspecified atom stereocenters. The van der Waals surface area contributed by atoms with Crippen LogP contribution in [0.4, 0.5) is 0 Å². The molecule has 1 aromatic rings. The molecular weight excluding hydrogens is 244 g/mol. The molecular formula is C13H18N4O2. The summed E-state index contributed by atoms with van der Waals surface area (Å²) in [5, 5.41) is 2.78. The minimum Gasteiger partial charge on any atom is -0.370 e. The van der Waals surface area contributed by atoms with Crippen LogP contribution in [0, 0.1) is 0 Å². The predicted molar refractivity (Wildman–Crippen MR) is 69.9 cm³/mol. The summed E-state index contributed by atoms with van der Waals surface area (Å²) < 4.78 is 0. The molecule has 1 saturated carbocycles. The zero-order chi connectivity index (χ0) is 13.9. The number of nitrogens with one attached hydrogen (secondary N) is 1. The number of pyridine rings is 1. The third kappa shape index (κ3) is 3.29. The van der Waals surface area contributed by atoms with Gasteiger partial charge in [0, 0.05) is 23.9 Å². The summed E-state index contributed by atoms with van der Waals surface area (Å²) in [4.78, 5) is 26.7. The molecule has 1 heterocycles. The van der Waals surface area contributed by atoms with E-state index in [2.05, 4.69) is 10.3 Å². The van der Waals surface area contributed by atoms with Crippen LogP contribution in [0.15, 0.2) is 24.4 Å². The molecule has 2 amide bonds. The van der Waals surface area contributed by atoms with Crippen molar-refractivity contribution in [3.05, 3.63) is 30.1 Å². The summed E-state index contributed by atoms with van der Waals surface area (Å²) in [7, 11) is 0. The Morgan fingerprint density at radius 3 is 2.68 bits per heavy atom. The van der Waals surface area contributed by atoms with Gasteiger partial charge >= 0.3 is 0 Å². The van der Waals surface area contributed by atoms with Crippen LogP contribution in [0.2, 0.25) is 0 Å². The van der Waals surface area contributed by atoms with Gasteiger partial charge in [-0.05, 0) is 25.0 Å². The molecule has 6 heteroatoms. The second kappa shape index (κ2) is 5.36. The lowest BCUT2D eigenvalue weighted by Gasteiger charge is -2.17. The lowest BCUT2D eigenvalue weighted by Crippen LogP contribution is -2.45. The number of nitrogens with zero attached hydrogens (tertiary/aromatic N) is 1. The number of carbonyl (C=O) groups excluding carboxylic acids is 2. The molecule has 1 aromatic heterocycles. The summed E-state index contributed by atoms with van der Waals surface area (Å²) >= 11 is 0. The highest BCUT2D eigenvalue weighted by molar-refractivity contribution is 5.87. The van der Waals surface area contributed by atoms with Crippen molar-refractivity contribution < 1.29 is 9.59 Å². The molecule has 0 saturated heterocycles. The van der Waals surface area contributed by atoms with Crippen molar-refractivity contribution in [2.45, 2.75) is 30.7 Å². The fourth-order valence-corrected chi connectivity index (χ4v) is 2.05. The lowest BCUT2D eigenvalue weighted by atomic mass is 10.0. The third-order valence-corrected chi connectivity index (χ3v) is 3.42. The predicted octanol–water partition coefficient (Wildman–Crippen LogP) is -0.568. The maximum Gasteiger partial charge on any atom is 0.237 e. The van der Waals surface area contributed by atoms with Crippen molar-refractivity contribution in [3.8, 4) is 0 Å². The van der Waals surface area contributed by atoms with E-state index in [0.29, 0.717) is 6.54 Å². The first kappa shape index (κ1) is 13.5. The summed E-state index contributed by atoms with van der Waals surface area (Å²) in [5.74, 6) is -0.922. The Hall–Kier alpha value is -1.95. The van der Waals surface area contributed by atoms with Crippen molar-refractivity contribution in [1.82, 2.24) is 10.3 Å². The molecule has 1 fully saturated rings. The van der Waals surface area contributed by atoms with Crippen LogP contribution in [0.1, 0.15) is 25.0 Å². The fourth-order valence-electron chi connectivity index (χ4n) is 2.05. The normalized spacial score (nSPS) is 17.5. The van der Waals surface area contributed by atoms with E-state index in [1.54, 1.807) is 6.20 Å².